The maximum atomic E-state index is 13.1. The van der Waals surface area contributed by atoms with E-state index in [0.29, 0.717) is 37.6 Å². The smallest absolute Gasteiger partial charge is 0.311 e. The normalized spacial score (nSPS) is 17.7. The summed E-state index contributed by atoms with van der Waals surface area (Å²) in [6.45, 7) is 39.7. The Hall–Kier alpha value is -3.46. The van der Waals surface area contributed by atoms with Gasteiger partial charge in [-0.1, -0.05) is 167 Å². The lowest BCUT2D eigenvalue weighted by atomic mass is 9.83. The van der Waals surface area contributed by atoms with Gasteiger partial charge in [-0.25, -0.2) is 0 Å². The second kappa shape index (κ2) is 42.3. The molecule has 2 aromatic carbocycles. The van der Waals surface area contributed by atoms with Gasteiger partial charge in [0.05, 0.1) is 38.9 Å². The molecule has 2 heterocycles. The lowest BCUT2D eigenvalue weighted by Gasteiger charge is -2.38. The van der Waals surface area contributed by atoms with Crippen molar-refractivity contribution in [3.8, 4) is 23.0 Å². The Kier molecular flexibility index (Phi) is 37.2. The summed E-state index contributed by atoms with van der Waals surface area (Å²) in [5.41, 5.74) is 7.59. The molecule has 0 saturated carbocycles. The van der Waals surface area contributed by atoms with Gasteiger partial charge in [-0.05, 0) is 203 Å². The fraction of sp³-hybridized carbons (Fsp3) is 0.795. The first-order chi connectivity index (χ1) is 43.6. The first-order valence-electron chi connectivity index (χ1n) is 36.6. The van der Waals surface area contributed by atoms with E-state index in [1.807, 2.05) is 49.3 Å². The van der Waals surface area contributed by atoms with Gasteiger partial charge in [0.2, 0.25) is 0 Å². The van der Waals surface area contributed by atoms with Crippen LogP contribution in [-0.2, 0) is 41.5 Å². The molecule has 0 radical (unpaired) electrons. The highest BCUT2D eigenvalue weighted by molar-refractivity contribution is 8.76. The molecule has 0 unspecified atom stereocenters. The second-order valence-corrected chi connectivity index (χ2v) is 32.9. The lowest BCUT2D eigenvalue weighted by molar-refractivity contribution is -0.147. The summed E-state index contributed by atoms with van der Waals surface area (Å²) < 4.78 is 36.6. The van der Waals surface area contributed by atoms with Gasteiger partial charge in [0.25, 0.3) is 0 Å². The summed E-state index contributed by atoms with van der Waals surface area (Å²) in [5, 5.41) is 0. The number of benzene rings is 2. The van der Waals surface area contributed by atoms with Crippen LogP contribution in [0.2, 0.25) is 0 Å². The molecule has 526 valence electrons. The van der Waals surface area contributed by atoms with E-state index < -0.39 is 11.9 Å². The van der Waals surface area contributed by atoms with Crippen molar-refractivity contribution in [2.24, 2.45) is 35.5 Å². The molecule has 14 heteroatoms. The molecular formula is C78H132N2O10S2. The Labute approximate surface area is 569 Å². The highest BCUT2D eigenvalue weighted by atomic mass is 33.1. The molecule has 0 bridgehead atoms. The summed E-state index contributed by atoms with van der Waals surface area (Å²) >= 11 is 0. The number of fused-ring (bicyclic) bond motifs is 2. The molecule has 0 fully saturated rings. The second-order valence-electron chi connectivity index (χ2n) is 30.2. The SMILES string of the molecule is Cc1c(C)c2c(c(C)c1OC(=O)CCC(=O)OCCCN(C)CCSSCCN(C)CCCOC(=O)CCC(=O)Oc1c(C)c(C)c3c(c1C)CC[C@@](C)(CCC[C@H](C)CCC[C@H](C)CCCC(C)C)O3)CC[C@@](C)(CCC[C@H](C)CCC[C@H](C)CCCC(C)C)O2. The average Bonchev–Trinajstić information content (AvgIpc) is 0.771. The van der Waals surface area contributed by atoms with E-state index in [1.54, 1.807) is 0 Å². The van der Waals surface area contributed by atoms with Crippen LogP contribution in [0.1, 0.15) is 281 Å². The Morgan fingerprint density at radius 2 is 0.739 bits per heavy atom. The fourth-order valence-corrected chi connectivity index (χ4v) is 15.6. The number of nitrogens with zero attached hydrogens (tertiary/aromatic N) is 2. The van der Waals surface area contributed by atoms with E-state index in [9.17, 15) is 19.2 Å². The first kappa shape index (κ1) is 81.0. The third-order valence-electron chi connectivity index (χ3n) is 20.3. The number of hydrogen-bond donors (Lipinski definition) is 0. The maximum absolute atomic E-state index is 13.1. The van der Waals surface area contributed by atoms with Crippen LogP contribution < -0.4 is 18.9 Å². The molecule has 0 saturated heterocycles. The summed E-state index contributed by atoms with van der Waals surface area (Å²) in [6, 6.07) is 0. The highest BCUT2D eigenvalue weighted by Gasteiger charge is 2.37. The molecule has 12 nitrogen and oxygen atoms in total. The largest absolute Gasteiger partial charge is 0.487 e. The molecule has 92 heavy (non-hydrogen) atoms. The van der Waals surface area contributed by atoms with Crippen molar-refractivity contribution in [3.05, 3.63) is 44.5 Å². The molecule has 2 aromatic rings. The lowest BCUT2D eigenvalue weighted by Crippen LogP contribution is -2.37. The molecule has 2 aliphatic rings. The van der Waals surface area contributed by atoms with E-state index in [0.717, 1.165) is 181 Å². The molecule has 2 aliphatic heterocycles. The van der Waals surface area contributed by atoms with E-state index in [-0.39, 0.29) is 48.8 Å². The summed E-state index contributed by atoms with van der Waals surface area (Å²) in [6.07, 6.45) is 27.9. The Morgan fingerprint density at radius 1 is 0.424 bits per heavy atom. The maximum Gasteiger partial charge on any atom is 0.311 e. The molecule has 0 spiro atoms. The number of carbonyl (C=O) groups is 4. The van der Waals surface area contributed by atoms with Gasteiger partial charge in [-0.15, -0.1) is 0 Å². The number of rotatable bonds is 47. The molecule has 0 N–H and O–H groups in total. The minimum atomic E-state index is -0.429. The Balaban J connectivity index is 0.998. The van der Waals surface area contributed by atoms with Crippen LogP contribution in [0, 0.1) is 77.0 Å². The zero-order valence-electron chi connectivity index (χ0n) is 61.7. The predicted octanol–water partition coefficient (Wildman–Crippen LogP) is 19.8. The number of carbonyl (C=O) groups excluding carboxylic acids is 4. The van der Waals surface area contributed by atoms with E-state index in [4.69, 9.17) is 28.4 Å². The van der Waals surface area contributed by atoms with Crippen molar-refractivity contribution in [1.82, 2.24) is 9.80 Å². The summed E-state index contributed by atoms with van der Waals surface area (Å²) in [5.74, 6) is 8.13. The standard InChI is InChI=1S/C78H132N2O10S2/c1-55(2)27-19-29-57(5)31-21-33-59(7)35-23-43-77(15)45-41-67-65(13)73(61(9)63(11)75(67)89-77)87-71(83)39-37-69(81)85-51-25-47-79(17)49-53-91-92-54-50-80(18)48-26-52-86-70(82)38-40-72(84)88-74-62(10)64(12)76-68(66(74)14)42-46-78(16,90-76)44-24-36-60(8)34-22-32-58(6)30-20-28-56(3)4/h55-60H,19-54H2,1-18H3/t57-,58-,59-,60-,77-,78-/m1/s1. The van der Waals surface area contributed by atoms with Crippen molar-refractivity contribution < 1.29 is 47.6 Å². The van der Waals surface area contributed by atoms with Gasteiger partial charge in [0, 0.05) is 48.8 Å². The molecule has 0 amide bonds. The van der Waals surface area contributed by atoms with Crippen molar-refractivity contribution in [2.75, 3.05) is 65.0 Å². The van der Waals surface area contributed by atoms with Crippen LogP contribution in [0.4, 0.5) is 0 Å². The van der Waals surface area contributed by atoms with Gasteiger partial charge in [0.1, 0.15) is 34.2 Å². The van der Waals surface area contributed by atoms with Crippen molar-refractivity contribution in [3.63, 3.8) is 0 Å². The van der Waals surface area contributed by atoms with Crippen molar-refractivity contribution >= 4 is 45.5 Å². The third kappa shape index (κ3) is 29.9. The van der Waals surface area contributed by atoms with Gasteiger partial charge in [0.15, 0.2) is 0 Å². The quantitative estimate of drug-likeness (QED) is 0.0270. The van der Waals surface area contributed by atoms with E-state index in [2.05, 4.69) is 107 Å². The Morgan fingerprint density at radius 3 is 1.08 bits per heavy atom. The zero-order chi connectivity index (χ0) is 68.0. The predicted molar refractivity (Wildman–Crippen MR) is 386 cm³/mol. The summed E-state index contributed by atoms with van der Waals surface area (Å²) in [7, 11) is 7.85. The fourth-order valence-electron chi connectivity index (χ4n) is 13.5. The number of esters is 4. The average molecular weight is 1320 g/mol. The van der Waals surface area contributed by atoms with E-state index >= 15 is 0 Å². The Bertz CT molecular complexity index is 2380. The zero-order valence-corrected chi connectivity index (χ0v) is 63.3. The van der Waals surface area contributed by atoms with Gasteiger partial charge < -0.3 is 38.2 Å². The number of hydrogen-bond acceptors (Lipinski definition) is 14. The molecule has 0 aliphatic carbocycles. The van der Waals surface area contributed by atoms with E-state index in [1.165, 1.54) is 89.9 Å². The topological polar surface area (TPSA) is 130 Å². The monoisotopic (exact) mass is 1320 g/mol. The van der Waals surface area contributed by atoms with Gasteiger partial charge >= 0.3 is 23.9 Å². The van der Waals surface area contributed by atoms with Crippen LogP contribution in [0.5, 0.6) is 23.0 Å². The van der Waals surface area contributed by atoms with Gasteiger partial charge in [-0.3, -0.25) is 19.2 Å². The highest BCUT2D eigenvalue weighted by Crippen LogP contribution is 2.47. The van der Waals surface area contributed by atoms with Crippen LogP contribution >= 0.6 is 21.6 Å². The van der Waals surface area contributed by atoms with Crippen LogP contribution in [0.15, 0.2) is 0 Å². The van der Waals surface area contributed by atoms with Crippen molar-refractivity contribution in [1.29, 1.82) is 0 Å². The third-order valence-corrected chi connectivity index (χ3v) is 22.6. The van der Waals surface area contributed by atoms with Crippen LogP contribution in [0.25, 0.3) is 0 Å². The van der Waals surface area contributed by atoms with Crippen LogP contribution in [0.3, 0.4) is 0 Å². The molecule has 0 aromatic heterocycles. The molecular weight excluding hydrogens is 1190 g/mol. The number of ether oxygens (including phenoxy) is 6. The van der Waals surface area contributed by atoms with Gasteiger partial charge in [-0.2, -0.15) is 0 Å². The molecule has 4 rings (SSSR count). The first-order valence-corrected chi connectivity index (χ1v) is 39.1. The molecule has 6 atom stereocenters. The summed E-state index contributed by atoms with van der Waals surface area (Å²) in [4.78, 5) is 56.0. The van der Waals surface area contributed by atoms with Crippen LogP contribution in [-0.4, -0.2) is 110 Å². The van der Waals surface area contributed by atoms with Crippen molar-refractivity contribution in [2.45, 2.75) is 302 Å². The minimum Gasteiger partial charge on any atom is -0.487 e. The minimum absolute atomic E-state index is 0.0172.